The highest BCUT2D eigenvalue weighted by Crippen LogP contribution is 2.47. The van der Waals surface area contributed by atoms with Gasteiger partial charge in [0.2, 0.25) is 0 Å². The molecule has 0 amide bonds. The molecular formula is C62H40N2O. The van der Waals surface area contributed by atoms with Crippen molar-refractivity contribution in [2.45, 2.75) is 0 Å². The van der Waals surface area contributed by atoms with Crippen LogP contribution in [-0.2, 0) is 0 Å². The Morgan fingerprint density at radius 2 is 0.846 bits per heavy atom. The van der Waals surface area contributed by atoms with Crippen molar-refractivity contribution >= 4 is 82.4 Å². The van der Waals surface area contributed by atoms with E-state index in [-0.39, 0.29) is 0 Å². The van der Waals surface area contributed by atoms with Gasteiger partial charge in [-0.15, -0.1) is 0 Å². The number of para-hydroxylation sites is 6. The molecular weight excluding hydrogens is 789 g/mol. The molecule has 0 radical (unpaired) electrons. The first-order valence-electron chi connectivity index (χ1n) is 22.3. The van der Waals surface area contributed by atoms with Gasteiger partial charge in [-0.3, -0.25) is 0 Å². The average Bonchev–Trinajstić information content (AvgIpc) is 3.93. The van der Waals surface area contributed by atoms with Crippen LogP contribution in [0.5, 0.6) is 0 Å². The van der Waals surface area contributed by atoms with Gasteiger partial charge >= 0.3 is 0 Å². The number of aromatic nitrogens is 1. The van der Waals surface area contributed by atoms with Crippen molar-refractivity contribution in [1.29, 1.82) is 0 Å². The normalized spacial score (nSPS) is 11.7. The number of fused-ring (bicyclic) bond motifs is 9. The quantitative estimate of drug-likeness (QED) is 0.149. The number of nitrogens with zero attached hydrogens (tertiary/aromatic N) is 2. The van der Waals surface area contributed by atoms with E-state index in [0.29, 0.717) is 0 Å². The van der Waals surface area contributed by atoms with E-state index < -0.39 is 0 Å². The van der Waals surface area contributed by atoms with Crippen LogP contribution >= 0.6 is 0 Å². The maximum absolute atomic E-state index is 6.50. The third-order valence-corrected chi connectivity index (χ3v) is 13.2. The SMILES string of the molecule is c1ccc(-c2ccccc2-n2c3ccccc3c3ccccc32)c(-c2ccccc2N(c2ccc(-c3cccc4c3oc3ccccc34)cc2)c2ccc3ccc4ccccc4c3c2)c1. The second kappa shape index (κ2) is 15.0. The molecule has 2 heterocycles. The molecule has 0 aliphatic heterocycles. The standard InChI is InChI=1S/C62H40N2O/c1-2-17-46-41(16-1)32-33-43-36-39-45(40-56(43)46)63(44-37-34-42(35-38-44)47-25-15-26-55-54-24-9-14-31-61(54)65-62(47)55)57-27-10-5-20-50(57)48-18-3-4-19-49(48)51-21-6-11-28-58(51)64-59-29-12-7-22-52(59)53-23-8-13-30-60(53)64/h1-40H. The van der Waals surface area contributed by atoms with Gasteiger partial charge in [0, 0.05) is 49.6 Å². The number of hydrogen-bond acceptors (Lipinski definition) is 2. The molecule has 304 valence electrons. The van der Waals surface area contributed by atoms with E-state index >= 15 is 0 Å². The Labute approximate surface area is 376 Å². The van der Waals surface area contributed by atoms with E-state index in [1.165, 1.54) is 43.4 Å². The molecule has 0 spiro atoms. The Bertz CT molecular complexity index is 3910. The van der Waals surface area contributed by atoms with Crippen LogP contribution in [0.25, 0.3) is 104 Å². The van der Waals surface area contributed by atoms with Gasteiger partial charge in [-0.25, -0.2) is 0 Å². The fraction of sp³-hybridized carbons (Fsp3) is 0. The van der Waals surface area contributed by atoms with Gasteiger partial charge in [-0.1, -0.05) is 188 Å². The van der Waals surface area contributed by atoms with Crippen LogP contribution in [0.1, 0.15) is 0 Å². The number of rotatable bonds is 7. The zero-order valence-corrected chi connectivity index (χ0v) is 35.4. The lowest BCUT2D eigenvalue weighted by atomic mass is 9.92. The lowest BCUT2D eigenvalue weighted by molar-refractivity contribution is 0.670. The first-order valence-corrected chi connectivity index (χ1v) is 22.3. The Hall–Kier alpha value is -8.66. The van der Waals surface area contributed by atoms with Crippen LogP contribution in [0, 0.1) is 0 Å². The minimum Gasteiger partial charge on any atom is -0.455 e. The summed E-state index contributed by atoms with van der Waals surface area (Å²) in [5, 5.41) is 9.64. The Kier molecular flexibility index (Phi) is 8.53. The molecule has 0 aliphatic carbocycles. The van der Waals surface area contributed by atoms with Crippen LogP contribution in [0.15, 0.2) is 247 Å². The van der Waals surface area contributed by atoms with Crippen LogP contribution < -0.4 is 4.90 Å². The zero-order valence-electron chi connectivity index (χ0n) is 35.4. The summed E-state index contributed by atoms with van der Waals surface area (Å²) in [7, 11) is 0. The number of furan rings is 1. The monoisotopic (exact) mass is 828 g/mol. The fourth-order valence-corrected chi connectivity index (χ4v) is 10.2. The Morgan fingerprint density at radius 3 is 1.62 bits per heavy atom. The second-order valence-electron chi connectivity index (χ2n) is 16.8. The summed E-state index contributed by atoms with van der Waals surface area (Å²) in [6, 6.07) is 87.8. The van der Waals surface area contributed by atoms with E-state index in [1.54, 1.807) is 0 Å². The van der Waals surface area contributed by atoms with E-state index in [2.05, 4.69) is 240 Å². The molecule has 65 heavy (non-hydrogen) atoms. The summed E-state index contributed by atoms with van der Waals surface area (Å²) in [4.78, 5) is 2.43. The summed E-state index contributed by atoms with van der Waals surface area (Å²) in [5.41, 5.74) is 15.3. The number of anilines is 3. The molecule has 0 aliphatic rings. The third-order valence-electron chi connectivity index (χ3n) is 13.2. The second-order valence-corrected chi connectivity index (χ2v) is 16.8. The van der Waals surface area contributed by atoms with Gasteiger partial charge in [0.1, 0.15) is 11.2 Å². The fourth-order valence-electron chi connectivity index (χ4n) is 10.2. The van der Waals surface area contributed by atoms with Crippen LogP contribution in [0.2, 0.25) is 0 Å². The Balaban J connectivity index is 1.01. The van der Waals surface area contributed by atoms with Gasteiger partial charge in [0.05, 0.1) is 22.4 Å². The van der Waals surface area contributed by atoms with Crippen molar-refractivity contribution in [3.05, 3.63) is 243 Å². The van der Waals surface area contributed by atoms with Gasteiger partial charge in [0.25, 0.3) is 0 Å². The summed E-state index contributed by atoms with van der Waals surface area (Å²) in [6.07, 6.45) is 0. The predicted octanol–water partition coefficient (Wildman–Crippen LogP) is 17.5. The van der Waals surface area contributed by atoms with E-state index in [4.69, 9.17) is 4.42 Å². The summed E-state index contributed by atoms with van der Waals surface area (Å²) >= 11 is 0. The number of benzene rings is 11. The topological polar surface area (TPSA) is 21.3 Å². The number of hydrogen-bond donors (Lipinski definition) is 0. The average molecular weight is 829 g/mol. The van der Waals surface area contributed by atoms with Crippen molar-refractivity contribution in [2.75, 3.05) is 4.90 Å². The first-order chi connectivity index (χ1) is 32.3. The molecule has 0 fully saturated rings. The molecule has 0 N–H and O–H groups in total. The van der Waals surface area contributed by atoms with E-state index in [9.17, 15) is 0 Å². The molecule has 0 saturated heterocycles. The van der Waals surface area contributed by atoms with Crippen molar-refractivity contribution in [1.82, 2.24) is 4.57 Å². The molecule has 3 nitrogen and oxygen atoms in total. The molecule has 0 unspecified atom stereocenters. The molecule has 13 aromatic rings. The molecule has 0 bridgehead atoms. The van der Waals surface area contributed by atoms with E-state index in [0.717, 1.165) is 78.1 Å². The summed E-state index contributed by atoms with van der Waals surface area (Å²) in [5.74, 6) is 0. The maximum atomic E-state index is 6.50. The van der Waals surface area contributed by atoms with Gasteiger partial charge < -0.3 is 13.9 Å². The zero-order chi connectivity index (χ0) is 42.8. The Morgan fingerprint density at radius 1 is 0.323 bits per heavy atom. The van der Waals surface area contributed by atoms with E-state index in [1.807, 2.05) is 12.1 Å². The predicted molar refractivity (Wildman–Crippen MR) is 274 cm³/mol. The highest BCUT2D eigenvalue weighted by Gasteiger charge is 2.22. The van der Waals surface area contributed by atoms with Gasteiger partial charge in [0.15, 0.2) is 0 Å². The van der Waals surface area contributed by atoms with Gasteiger partial charge in [-0.2, -0.15) is 0 Å². The van der Waals surface area contributed by atoms with Crippen molar-refractivity contribution in [3.63, 3.8) is 0 Å². The smallest absolute Gasteiger partial charge is 0.143 e. The summed E-state index contributed by atoms with van der Waals surface area (Å²) in [6.45, 7) is 0. The lowest BCUT2D eigenvalue weighted by Gasteiger charge is -2.29. The molecule has 13 rings (SSSR count). The van der Waals surface area contributed by atoms with Gasteiger partial charge in [-0.05, 0) is 92.8 Å². The minimum absolute atomic E-state index is 0.899. The highest BCUT2D eigenvalue weighted by molar-refractivity contribution is 6.12. The third kappa shape index (κ3) is 5.97. The molecule has 0 atom stereocenters. The maximum Gasteiger partial charge on any atom is 0.143 e. The van der Waals surface area contributed by atoms with Crippen LogP contribution in [0.4, 0.5) is 17.1 Å². The van der Waals surface area contributed by atoms with Crippen LogP contribution in [-0.4, -0.2) is 4.57 Å². The van der Waals surface area contributed by atoms with Crippen molar-refractivity contribution < 1.29 is 4.42 Å². The minimum atomic E-state index is 0.899. The molecule has 3 heteroatoms. The summed E-state index contributed by atoms with van der Waals surface area (Å²) < 4.78 is 8.94. The molecule has 0 saturated carbocycles. The first kappa shape index (κ1) is 36.9. The molecule has 11 aromatic carbocycles. The highest BCUT2D eigenvalue weighted by atomic mass is 16.3. The molecule has 2 aromatic heterocycles. The van der Waals surface area contributed by atoms with Crippen LogP contribution in [0.3, 0.4) is 0 Å². The largest absolute Gasteiger partial charge is 0.455 e. The van der Waals surface area contributed by atoms with Crippen molar-refractivity contribution in [2.24, 2.45) is 0 Å². The lowest BCUT2D eigenvalue weighted by Crippen LogP contribution is -2.11. The van der Waals surface area contributed by atoms with Crippen molar-refractivity contribution in [3.8, 4) is 39.1 Å².